The summed E-state index contributed by atoms with van der Waals surface area (Å²) in [6, 6.07) is 4.98. The zero-order valence-electron chi connectivity index (χ0n) is 13.8. The number of nitrogens with zero attached hydrogens (tertiary/aromatic N) is 2. The smallest absolute Gasteiger partial charge is 0.234 e. The highest BCUT2D eigenvalue weighted by atomic mass is 19.1. The molecule has 0 aliphatic carbocycles. The minimum absolute atomic E-state index is 0.0812. The minimum Gasteiger partial charge on any atom is -0.351 e. The highest BCUT2D eigenvalue weighted by Crippen LogP contribution is 2.09. The molecule has 0 spiro atoms. The van der Waals surface area contributed by atoms with Crippen LogP contribution in [0, 0.1) is 12.7 Å². The molecule has 1 aromatic rings. The van der Waals surface area contributed by atoms with Crippen LogP contribution in [0.1, 0.15) is 24.5 Å². The first-order valence-electron chi connectivity index (χ1n) is 7.95. The Bertz CT molecular complexity index is 577. The molecule has 23 heavy (non-hydrogen) atoms. The van der Waals surface area contributed by atoms with Gasteiger partial charge in [0.25, 0.3) is 0 Å². The number of amides is 2. The fraction of sp³-hybridized carbons (Fsp3) is 0.529. The Morgan fingerprint density at radius 1 is 1.22 bits per heavy atom. The van der Waals surface area contributed by atoms with Crippen LogP contribution < -0.4 is 5.32 Å². The summed E-state index contributed by atoms with van der Waals surface area (Å²) in [4.78, 5) is 27.3. The fourth-order valence-corrected chi connectivity index (χ4v) is 2.65. The highest BCUT2D eigenvalue weighted by Gasteiger charge is 2.18. The summed E-state index contributed by atoms with van der Waals surface area (Å²) in [6.45, 7) is 6.82. The quantitative estimate of drug-likeness (QED) is 0.909. The third-order valence-corrected chi connectivity index (χ3v) is 4.13. The maximum absolute atomic E-state index is 13.5. The Morgan fingerprint density at radius 3 is 2.70 bits per heavy atom. The lowest BCUT2D eigenvalue weighted by atomic mass is 10.1. The van der Waals surface area contributed by atoms with Crippen LogP contribution in [0.25, 0.3) is 0 Å². The Hall–Kier alpha value is -1.95. The maximum Gasteiger partial charge on any atom is 0.234 e. The molecule has 6 heteroatoms. The van der Waals surface area contributed by atoms with Crippen molar-refractivity contribution in [1.82, 2.24) is 15.1 Å². The summed E-state index contributed by atoms with van der Waals surface area (Å²) in [5.41, 5.74) is 1.35. The standard InChI is InChI=1S/C17H24FN3O2/c1-13-4-5-15(10-16(13)18)11-19-17(23)12-20-6-3-7-21(9-8-20)14(2)22/h4-5,10H,3,6-9,11-12H2,1-2H3,(H,19,23). The molecule has 1 aliphatic heterocycles. The van der Waals surface area contributed by atoms with Crippen molar-refractivity contribution in [3.63, 3.8) is 0 Å². The first-order valence-corrected chi connectivity index (χ1v) is 7.95. The van der Waals surface area contributed by atoms with Crippen molar-refractivity contribution >= 4 is 11.8 Å². The van der Waals surface area contributed by atoms with Gasteiger partial charge in [0.15, 0.2) is 0 Å². The van der Waals surface area contributed by atoms with Crippen molar-refractivity contribution in [2.24, 2.45) is 0 Å². The molecule has 0 saturated carbocycles. The zero-order valence-corrected chi connectivity index (χ0v) is 13.8. The van der Waals surface area contributed by atoms with Crippen LogP contribution in [-0.2, 0) is 16.1 Å². The average Bonchev–Trinajstić information content (AvgIpc) is 2.74. The Labute approximate surface area is 136 Å². The number of rotatable bonds is 4. The number of carbonyl (C=O) groups excluding carboxylic acids is 2. The number of hydrogen-bond donors (Lipinski definition) is 1. The van der Waals surface area contributed by atoms with Gasteiger partial charge in [0.05, 0.1) is 6.54 Å². The van der Waals surface area contributed by atoms with Crippen LogP contribution >= 0.6 is 0 Å². The normalized spacial score (nSPS) is 16.0. The average molecular weight is 321 g/mol. The van der Waals surface area contributed by atoms with Gasteiger partial charge in [-0.15, -0.1) is 0 Å². The molecule has 126 valence electrons. The predicted molar refractivity (Wildman–Crippen MR) is 86.3 cm³/mol. The van der Waals surface area contributed by atoms with E-state index in [4.69, 9.17) is 0 Å². The van der Waals surface area contributed by atoms with Gasteiger partial charge in [-0.2, -0.15) is 0 Å². The van der Waals surface area contributed by atoms with Gasteiger partial charge in [0, 0.05) is 39.6 Å². The van der Waals surface area contributed by atoms with Gasteiger partial charge in [-0.05, 0) is 30.5 Å². The summed E-state index contributed by atoms with van der Waals surface area (Å²) in [7, 11) is 0. The Morgan fingerprint density at radius 2 is 2.00 bits per heavy atom. The molecule has 0 radical (unpaired) electrons. The molecule has 0 bridgehead atoms. The molecule has 0 unspecified atom stereocenters. The van der Waals surface area contributed by atoms with Crippen molar-refractivity contribution in [3.8, 4) is 0 Å². The van der Waals surface area contributed by atoms with Crippen molar-refractivity contribution < 1.29 is 14.0 Å². The molecule has 2 amide bonds. The second-order valence-corrected chi connectivity index (χ2v) is 6.00. The Balaban J connectivity index is 1.78. The lowest BCUT2D eigenvalue weighted by molar-refractivity contribution is -0.128. The summed E-state index contributed by atoms with van der Waals surface area (Å²) in [5, 5.41) is 2.82. The van der Waals surface area contributed by atoms with Gasteiger partial charge >= 0.3 is 0 Å². The zero-order chi connectivity index (χ0) is 16.8. The number of aryl methyl sites for hydroxylation is 1. The van der Waals surface area contributed by atoms with Gasteiger partial charge in [-0.1, -0.05) is 12.1 Å². The molecular formula is C17H24FN3O2. The fourth-order valence-electron chi connectivity index (χ4n) is 2.65. The lowest BCUT2D eigenvalue weighted by Crippen LogP contribution is -2.39. The summed E-state index contributed by atoms with van der Waals surface area (Å²) < 4.78 is 13.5. The van der Waals surface area contributed by atoms with E-state index in [1.807, 2.05) is 15.9 Å². The SMILES string of the molecule is CC(=O)N1CCCN(CC(=O)NCc2ccc(C)c(F)c2)CC1. The van der Waals surface area contributed by atoms with Gasteiger partial charge < -0.3 is 10.2 Å². The van der Waals surface area contributed by atoms with Gasteiger partial charge in [-0.25, -0.2) is 4.39 Å². The van der Waals surface area contributed by atoms with Crippen LogP contribution in [0.2, 0.25) is 0 Å². The van der Waals surface area contributed by atoms with E-state index in [9.17, 15) is 14.0 Å². The van der Waals surface area contributed by atoms with Crippen molar-refractivity contribution in [3.05, 3.63) is 35.1 Å². The molecule has 2 rings (SSSR count). The first kappa shape index (κ1) is 17.4. The van der Waals surface area contributed by atoms with E-state index in [1.54, 1.807) is 19.9 Å². The van der Waals surface area contributed by atoms with E-state index in [1.165, 1.54) is 6.07 Å². The van der Waals surface area contributed by atoms with Gasteiger partial charge in [0.1, 0.15) is 5.82 Å². The summed E-state index contributed by atoms with van der Waals surface area (Å²) >= 11 is 0. The van der Waals surface area contributed by atoms with E-state index in [-0.39, 0.29) is 17.6 Å². The first-order chi connectivity index (χ1) is 11.0. The number of hydrogen-bond acceptors (Lipinski definition) is 3. The van der Waals surface area contributed by atoms with E-state index >= 15 is 0 Å². The molecule has 1 aromatic carbocycles. The second-order valence-electron chi connectivity index (χ2n) is 6.00. The molecule has 0 atom stereocenters. The van der Waals surface area contributed by atoms with E-state index in [0.29, 0.717) is 31.7 Å². The third-order valence-electron chi connectivity index (χ3n) is 4.13. The predicted octanol–water partition coefficient (Wildman–Crippen LogP) is 1.30. The molecule has 1 fully saturated rings. The number of nitrogens with one attached hydrogen (secondary N) is 1. The molecule has 1 saturated heterocycles. The largest absolute Gasteiger partial charge is 0.351 e. The van der Waals surface area contributed by atoms with Crippen LogP contribution in [0.3, 0.4) is 0 Å². The lowest BCUT2D eigenvalue weighted by Gasteiger charge is -2.20. The van der Waals surface area contributed by atoms with Crippen molar-refractivity contribution in [1.29, 1.82) is 0 Å². The van der Waals surface area contributed by atoms with E-state index in [0.717, 1.165) is 25.1 Å². The summed E-state index contributed by atoms with van der Waals surface area (Å²) in [5.74, 6) is -0.256. The monoisotopic (exact) mass is 321 g/mol. The van der Waals surface area contributed by atoms with E-state index < -0.39 is 0 Å². The topological polar surface area (TPSA) is 52.7 Å². The van der Waals surface area contributed by atoms with Gasteiger partial charge in [0.2, 0.25) is 11.8 Å². The molecule has 1 heterocycles. The maximum atomic E-state index is 13.5. The Kier molecular flexibility index (Phi) is 6.10. The van der Waals surface area contributed by atoms with Crippen LogP contribution in [-0.4, -0.2) is 54.3 Å². The molecule has 5 nitrogen and oxygen atoms in total. The van der Waals surface area contributed by atoms with Crippen molar-refractivity contribution in [2.75, 3.05) is 32.7 Å². The number of halogens is 1. The molecule has 0 aromatic heterocycles. The molecule has 1 N–H and O–H groups in total. The van der Waals surface area contributed by atoms with Crippen LogP contribution in [0.15, 0.2) is 18.2 Å². The number of benzene rings is 1. The third kappa shape index (κ3) is 5.32. The molecular weight excluding hydrogens is 297 g/mol. The summed E-state index contributed by atoms with van der Waals surface area (Å²) in [6.07, 6.45) is 0.871. The highest BCUT2D eigenvalue weighted by molar-refractivity contribution is 5.78. The minimum atomic E-state index is -0.256. The van der Waals surface area contributed by atoms with Gasteiger partial charge in [-0.3, -0.25) is 14.5 Å². The van der Waals surface area contributed by atoms with Crippen molar-refractivity contribution in [2.45, 2.75) is 26.8 Å². The van der Waals surface area contributed by atoms with E-state index in [2.05, 4.69) is 5.32 Å². The van der Waals surface area contributed by atoms with Crippen LogP contribution in [0.5, 0.6) is 0 Å². The second kappa shape index (κ2) is 8.06. The molecule has 1 aliphatic rings. The number of carbonyl (C=O) groups is 2. The van der Waals surface area contributed by atoms with Crippen LogP contribution in [0.4, 0.5) is 4.39 Å².